The van der Waals surface area contributed by atoms with Crippen LogP contribution in [0, 0.1) is 5.82 Å². The second kappa shape index (κ2) is 11.2. The molecule has 3 rings (SSSR count). The molecule has 0 saturated heterocycles. The van der Waals surface area contributed by atoms with Crippen LogP contribution in [0.5, 0.6) is 11.5 Å². The fourth-order valence-corrected chi connectivity index (χ4v) is 5.60. The third kappa shape index (κ3) is 6.57. The quantitative estimate of drug-likeness (QED) is 0.411. The molecule has 0 spiro atoms. The van der Waals surface area contributed by atoms with Gasteiger partial charge < -0.3 is 14.8 Å². The summed E-state index contributed by atoms with van der Waals surface area (Å²) < 4.78 is 75.4. The number of methoxy groups -OCH3 is 2. The van der Waals surface area contributed by atoms with Crippen LogP contribution in [0.3, 0.4) is 0 Å². The number of amides is 1. The van der Waals surface area contributed by atoms with Crippen molar-refractivity contribution < 1.29 is 35.5 Å². The second-order valence-electron chi connectivity index (χ2n) is 8.14. The summed E-state index contributed by atoms with van der Waals surface area (Å²) in [7, 11) is -4.89. The summed E-state index contributed by atoms with van der Waals surface area (Å²) in [6.07, 6.45) is 1.09. The zero-order valence-corrected chi connectivity index (χ0v) is 22.3. The highest BCUT2D eigenvalue weighted by Crippen LogP contribution is 2.32. The summed E-state index contributed by atoms with van der Waals surface area (Å²) in [6.45, 7) is 1.08. The smallest absolute Gasteiger partial charge is 0.264 e. The Morgan fingerprint density at radius 3 is 2.00 bits per heavy atom. The van der Waals surface area contributed by atoms with E-state index in [4.69, 9.17) is 9.47 Å². The van der Waals surface area contributed by atoms with Crippen molar-refractivity contribution in [1.29, 1.82) is 0 Å². The molecule has 0 fully saturated rings. The van der Waals surface area contributed by atoms with Gasteiger partial charge in [0.1, 0.15) is 12.4 Å². The number of halogens is 1. The van der Waals surface area contributed by atoms with Crippen molar-refractivity contribution in [1.82, 2.24) is 5.32 Å². The normalized spacial score (nSPS) is 12.5. The Morgan fingerprint density at radius 1 is 0.892 bits per heavy atom. The molecule has 0 bridgehead atoms. The molecule has 0 heterocycles. The Morgan fingerprint density at radius 2 is 1.46 bits per heavy atom. The van der Waals surface area contributed by atoms with Crippen molar-refractivity contribution in [2.75, 3.05) is 31.3 Å². The number of carbonyl (C=O) groups is 1. The number of hydrogen-bond acceptors (Lipinski definition) is 7. The number of anilines is 1. The molecule has 1 amide bonds. The molecule has 0 aliphatic carbocycles. The third-order valence-corrected chi connectivity index (χ3v) is 8.43. The molecule has 0 saturated carbocycles. The molecule has 0 aliphatic heterocycles. The molecule has 3 aromatic carbocycles. The first kappa shape index (κ1) is 27.9. The van der Waals surface area contributed by atoms with Crippen LogP contribution in [0.4, 0.5) is 10.1 Å². The maximum absolute atomic E-state index is 13.6. The van der Waals surface area contributed by atoms with Crippen LogP contribution in [-0.4, -0.2) is 49.8 Å². The fourth-order valence-electron chi connectivity index (χ4n) is 3.53. The van der Waals surface area contributed by atoms with Crippen LogP contribution in [0.25, 0.3) is 0 Å². The number of hydrogen-bond donors (Lipinski definition) is 1. The van der Waals surface area contributed by atoms with Crippen molar-refractivity contribution >= 4 is 31.5 Å². The molecule has 198 valence electrons. The Bertz CT molecular complexity index is 1470. The van der Waals surface area contributed by atoms with Gasteiger partial charge in [-0.15, -0.1) is 0 Å². The molecule has 37 heavy (non-hydrogen) atoms. The van der Waals surface area contributed by atoms with Crippen LogP contribution in [0.15, 0.2) is 76.5 Å². The van der Waals surface area contributed by atoms with Gasteiger partial charge in [-0.3, -0.25) is 9.10 Å². The fraction of sp³-hybridized carbons (Fsp3) is 0.240. The number of sulfonamides is 1. The van der Waals surface area contributed by atoms with E-state index in [-0.39, 0.29) is 21.2 Å². The molecule has 9 nitrogen and oxygen atoms in total. The van der Waals surface area contributed by atoms with Gasteiger partial charge in [-0.2, -0.15) is 0 Å². The predicted octanol–water partition coefficient (Wildman–Crippen LogP) is 3.32. The van der Waals surface area contributed by atoms with Crippen molar-refractivity contribution in [3.05, 3.63) is 78.1 Å². The Kier molecular flexibility index (Phi) is 8.44. The zero-order chi connectivity index (χ0) is 27.4. The third-order valence-electron chi connectivity index (χ3n) is 5.53. The van der Waals surface area contributed by atoms with E-state index < -0.39 is 44.2 Å². The van der Waals surface area contributed by atoms with E-state index in [0.717, 1.165) is 22.7 Å². The molecular formula is C25H27FN2O7S2. The second-order valence-corrected chi connectivity index (χ2v) is 12.0. The highest BCUT2D eigenvalue weighted by Gasteiger charge is 2.29. The predicted molar refractivity (Wildman–Crippen MR) is 137 cm³/mol. The summed E-state index contributed by atoms with van der Waals surface area (Å²) in [6, 6.07) is 14.2. The lowest BCUT2D eigenvalue weighted by atomic mass is 10.1. The molecular weight excluding hydrogens is 523 g/mol. The van der Waals surface area contributed by atoms with Crippen molar-refractivity contribution in [2.24, 2.45) is 0 Å². The van der Waals surface area contributed by atoms with Crippen LogP contribution in [0.2, 0.25) is 0 Å². The van der Waals surface area contributed by atoms with Crippen LogP contribution >= 0.6 is 0 Å². The lowest BCUT2D eigenvalue weighted by molar-refractivity contribution is -0.120. The molecule has 0 radical (unpaired) electrons. The lowest BCUT2D eigenvalue weighted by Gasteiger charge is -2.25. The number of nitrogens with one attached hydrogen (secondary N) is 1. The first-order valence-corrected chi connectivity index (χ1v) is 14.3. The van der Waals surface area contributed by atoms with Gasteiger partial charge in [-0.25, -0.2) is 21.2 Å². The Labute approximate surface area is 215 Å². The topological polar surface area (TPSA) is 119 Å². The van der Waals surface area contributed by atoms with Gasteiger partial charge in [0.15, 0.2) is 21.3 Å². The number of sulfone groups is 1. The van der Waals surface area contributed by atoms with Crippen LogP contribution in [-0.2, 0) is 24.7 Å². The minimum atomic E-state index is -4.29. The lowest BCUT2D eigenvalue weighted by Crippen LogP contribution is -2.41. The number of nitrogens with zero attached hydrogens (tertiary/aromatic N) is 1. The standard InChI is InChI=1S/C25H27FN2O7S2/c1-17(18-5-11-21(12-6-18)36(4,30)31)27-25(29)16-28(20-9-7-19(26)8-10-20)37(32,33)22-13-14-23(34-2)24(15-22)35-3/h5-15,17H,16H2,1-4H3,(H,27,29)/t17-/m1/s1. The maximum Gasteiger partial charge on any atom is 0.264 e. The average Bonchev–Trinajstić information content (AvgIpc) is 2.86. The van der Waals surface area contributed by atoms with Gasteiger partial charge in [0.05, 0.1) is 35.7 Å². The monoisotopic (exact) mass is 550 g/mol. The SMILES string of the molecule is COc1ccc(S(=O)(=O)N(CC(=O)N[C@H](C)c2ccc(S(C)(=O)=O)cc2)c2ccc(F)cc2)cc1OC. The number of rotatable bonds is 10. The minimum absolute atomic E-state index is 0.0801. The highest BCUT2D eigenvalue weighted by molar-refractivity contribution is 7.93. The van der Waals surface area contributed by atoms with Crippen LogP contribution < -0.4 is 19.1 Å². The summed E-state index contributed by atoms with van der Waals surface area (Å²) in [4.78, 5) is 13.0. The van der Waals surface area contributed by atoms with E-state index in [1.165, 1.54) is 56.7 Å². The van der Waals surface area contributed by atoms with Gasteiger partial charge >= 0.3 is 0 Å². The van der Waals surface area contributed by atoms with E-state index in [1.807, 2.05) is 0 Å². The van der Waals surface area contributed by atoms with E-state index in [0.29, 0.717) is 11.3 Å². The molecule has 0 aromatic heterocycles. The van der Waals surface area contributed by atoms with Crippen molar-refractivity contribution in [2.45, 2.75) is 22.8 Å². The minimum Gasteiger partial charge on any atom is -0.493 e. The summed E-state index contributed by atoms with van der Waals surface area (Å²) in [5, 5.41) is 2.72. The summed E-state index contributed by atoms with van der Waals surface area (Å²) >= 11 is 0. The largest absolute Gasteiger partial charge is 0.493 e. The maximum atomic E-state index is 13.6. The Balaban J connectivity index is 1.90. The summed E-state index contributed by atoms with van der Waals surface area (Å²) in [5.41, 5.74) is 0.702. The molecule has 0 aliphatic rings. The van der Waals surface area contributed by atoms with Gasteiger partial charge in [0.25, 0.3) is 10.0 Å². The van der Waals surface area contributed by atoms with E-state index >= 15 is 0 Å². The van der Waals surface area contributed by atoms with E-state index in [1.54, 1.807) is 19.1 Å². The van der Waals surface area contributed by atoms with Crippen molar-refractivity contribution in [3.8, 4) is 11.5 Å². The summed E-state index contributed by atoms with van der Waals surface area (Å²) in [5.74, 6) is -0.697. The van der Waals surface area contributed by atoms with Crippen LogP contribution in [0.1, 0.15) is 18.5 Å². The first-order chi connectivity index (χ1) is 17.4. The molecule has 12 heteroatoms. The molecule has 3 aromatic rings. The van der Waals surface area contributed by atoms with Gasteiger partial charge in [0, 0.05) is 12.3 Å². The van der Waals surface area contributed by atoms with E-state index in [2.05, 4.69) is 5.32 Å². The highest BCUT2D eigenvalue weighted by atomic mass is 32.2. The average molecular weight is 551 g/mol. The Hall–Kier alpha value is -3.64. The first-order valence-electron chi connectivity index (χ1n) is 11.0. The molecule has 0 unspecified atom stereocenters. The van der Waals surface area contributed by atoms with Crippen molar-refractivity contribution in [3.63, 3.8) is 0 Å². The number of ether oxygens (including phenoxy) is 2. The van der Waals surface area contributed by atoms with Gasteiger partial charge in [0.2, 0.25) is 5.91 Å². The number of benzene rings is 3. The van der Waals surface area contributed by atoms with E-state index in [9.17, 15) is 26.0 Å². The van der Waals surface area contributed by atoms with Gasteiger partial charge in [-0.05, 0) is 61.0 Å². The van der Waals surface area contributed by atoms with Gasteiger partial charge in [-0.1, -0.05) is 12.1 Å². The molecule has 1 atom stereocenters. The molecule has 1 N–H and O–H groups in total. The zero-order valence-electron chi connectivity index (χ0n) is 20.6. The number of carbonyl (C=O) groups excluding carboxylic acids is 1.